The van der Waals surface area contributed by atoms with E-state index in [9.17, 15) is 8.42 Å². The van der Waals surface area contributed by atoms with E-state index in [0.29, 0.717) is 18.0 Å². The zero-order valence-electron chi connectivity index (χ0n) is 15.4. The van der Waals surface area contributed by atoms with E-state index >= 15 is 0 Å². The number of nitrogens with one attached hydrogen (secondary N) is 1. The molecule has 1 fully saturated rings. The summed E-state index contributed by atoms with van der Waals surface area (Å²) in [7, 11) is -3.66. The van der Waals surface area contributed by atoms with Crippen molar-refractivity contribution in [3.8, 4) is 0 Å². The Hall–Kier alpha value is -1.70. The van der Waals surface area contributed by atoms with Crippen LogP contribution in [0.2, 0.25) is 0 Å². The number of nitrogens with zero attached hydrogens (tertiary/aromatic N) is 2. The van der Waals surface area contributed by atoms with Gasteiger partial charge in [-0.05, 0) is 45.3 Å². The van der Waals surface area contributed by atoms with Gasteiger partial charge in [0.05, 0.1) is 0 Å². The van der Waals surface area contributed by atoms with Gasteiger partial charge in [-0.15, -0.1) is 0 Å². The van der Waals surface area contributed by atoms with E-state index in [0.717, 1.165) is 31.5 Å². The van der Waals surface area contributed by atoms with Gasteiger partial charge in [0.2, 0.25) is 10.0 Å². The first-order chi connectivity index (χ1) is 12.5. The third-order valence-corrected chi connectivity index (χ3v) is 6.64. The molecule has 3 rings (SSSR count). The van der Waals surface area contributed by atoms with E-state index < -0.39 is 10.0 Å². The SMILES string of the molecule is Cc1noc(C)c1S(=O)(=O)NCC(c1ccccc1)N1CCCCCC1. The lowest BCUT2D eigenvalue weighted by molar-refractivity contribution is 0.206. The van der Waals surface area contributed by atoms with Crippen molar-refractivity contribution < 1.29 is 12.9 Å². The highest BCUT2D eigenvalue weighted by Crippen LogP contribution is 2.25. The van der Waals surface area contributed by atoms with Crippen LogP contribution in [0.4, 0.5) is 0 Å². The summed E-state index contributed by atoms with van der Waals surface area (Å²) >= 11 is 0. The van der Waals surface area contributed by atoms with Crippen LogP contribution < -0.4 is 4.72 Å². The maximum absolute atomic E-state index is 12.8. The van der Waals surface area contributed by atoms with Gasteiger partial charge in [-0.1, -0.05) is 48.3 Å². The van der Waals surface area contributed by atoms with E-state index in [1.807, 2.05) is 18.2 Å². The van der Waals surface area contributed by atoms with Gasteiger partial charge in [0.15, 0.2) is 5.76 Å². The van der Waals surface area contributed by atoms with Crippen molar-refractivity contribution in [2.75, 3.05) is 19.6 Å². The van der Waals surface area contributed by atoms with Crippen LogP contribution >= 0.6 is 0 Å². The molecule has 0 bridgehead atoms. The zero-order chi connectivity index (χ0) is 18.6. The van der Waals surface area contributed by atoms with Crippen LogP contribution in [0.15, 0.2) is 39.8 Å². The molecule has 0 spiro atoms. The van der Waals surface area contributed by atoms with Gasteiger partial charge in [0.25, 0.3) is 0 Å². The van der Waals surface area contributed by atoms with Gasteiger partial charge in [0.1, 0.15) is 10.6 Å². The van der Waals surface area contributed by atoms with Crippen molar-refractivity contribution in [2.24, 2.45) is 0 Å². The molecule has 2 heterocycles. The summed E-state index contributed by atoms with van der Waals surface area (Å²) in [5.74, 6) is 0.320. The number of sulfonamides is 1. The number of aromatic nitrogens is 1. The minimum atomic E-state index is -3.66. The summed E-state index contributed by atoms with van der Waals surface area (Å²) in [5, 5.41) is 3.77. The monoisotopic (exact) mass is 377 g/mol. The van der Waals surface area contributed by atoms with E-state index in [1.54, 1.807) is 13.8 Å². The minimum absolute atomic E-state index is 0.0181. The second-order valence-electron chi connectivity index (χ2n) is 6.88. The lowest BCUT2D eigenvalue weighted by atomic mass is 10.1. The van der Waals surface area contributed by atoms with Crippen LogP contribution in [-0.4, -0.2) is 38.1 Å². The summed E-state index contributed by atoms with van der Waals surface area (Å²) in [6, 6.07) is 10.1. The fraction of sp³-hybridized carbons (Fsp3) is 0.526. The quantitative estimate of drug-likeness (QED) is 0.837. The summed E-state index contributed by atoms with van der Waals surface area (Å²) in [6.45, 7) is 5.59. The Morgan fingerprint density at radius 3 is 2.35 bits per heavy atom. The van der Waals surface area contributed by atoms with E-state index in [4.69, 9.17) is 4.52 Å². The molecule has 142 valence electrons. The van der Waals surface area contributed by atoms with Crippen LogP contribution in [0.25, 0.3) is 0 Å². The molecule has 1 aromatic carbocycles. The first kappa shape index (κ1) is 19.1. The minimum Gasteiger partial charge on any atom is -0.360 e. The Morgan fingerprint density at radius 1 is 1.12 bits per heavy atom. The molecule has 1 N–H and O–H groups in total. The molecule has 0 saturated carbocycles. The average Bonchev–Trinajstić information content (AvgIpc) is 2.82. The van der Waals surface area contributed by atoms with Gasteiger partial charge < -0.3 is 4.52 Å². The third-order valence-electron chi connectivity index (χ3n) is 4.97. The smallest absolute Gasteiger partial charge is 0.246 e. The van der Waals surface area contributed by atoms with Crippen LogP contribution in [0.1, 0.15) is 48.7 Å². The summed E-state index contributed by atoms with van der Waals surface area (Å²) in [4.78, 5) is 2.55. The van der Waals surface area contributed by atoms with Crippen molar-refractivity contribution in [3.05, 3.63) is 47.3 Å². The Labute approximate surface area is 155 Å². The molecule has 7 heteroatoms. The molecule has 1 aliphatic heterocycles. The molecule has 1 atom stereocenters. The van der Waals surface area contributed by atoms with Crippen molar-refractivity contribution in [1.29, 1.82) is 0 Å². The Balaban J connectivity index is 1.82. The highest BCUT2D eigenvalue weighted by atomic mass is 32.2. The molecule has 1 saturated heterocycles. The van der Waals surface area contributed by atoms with Crippen molar-refractivity contribution in [3.63, 3.8) is 0 Å². The van der Waals surface area contributed by atoms with E-state index in [-0.39, 0.29) is 10.9 Å². The van der Waals surface area contributed by atoms with Crippen molar-refractivity contribution in [1.82, 2.24) is 14.8 Å². The first-order valence-corrected chi connectivity index (χ1v) is 10.7. The highest BCUT2D eigenvalue weighted by molar-refractivity contribution is 7.89. The predicted molar refractivity (Wildman–Crippen MR) is 100 cm³/mol. The predicted octanol–water partition coefficient (Wildman–Crippen LogP) is 3.19. The highest BCUT2D eigenvalue weighted by Gasteiger charge is 2.27. The molecule has 6 nitrogen and oxygen atoms in total. The topological polar surface area (TPSA) is 75.4 Å². The molecule has 1 aliphatic rings. The van der Waals surface area contributed by atoms with Crippen LogP contribution in [0.5, 0.6) is 0 Å². The fourth-order valence-electron chi connectivity index (χ4n) is 3.66. The number of aryl methyl sites for hydroxylation is 2. The second-order valence-corrected chi connectivity index (χ2v) is 8.59. The van der Waals surface area contributed by atoms with Gasteiger partial charge in [-0.25, -0.2) is 13.1 Å². The number of rotatable bonds is 6. The zero-order valence-corrected chi connectivity index (χ0v) is 16.3. The number of hydrogen-bond acceptors (Lipinski definition) is 5. The second kappa shape index (κ2) is 8.33. The molecule has 0 amide bonds. The van der Waals surface area contributed by atoms with Crippen LogP contribution in [0.3, 0.4) is 0 Å². The van der Waals surface area contributed by atoms with E-state index in [1.165, 1.54) is 12.8 Å². The lowest BCUT2D eigenvalue weighted by Gasteiger charge is -2.31. The summed E-state index contributed by atoms with van der Waals surface area (Å²) in [5.41, 5.74) is 1.52. The third kappa shape index (κ3) is 4.34. The Morgan fingerprint density at radius 2 is 1.77 bits per heavy atom. The van der Waals surface area contributed by atoms with Crippen LogP contribution in [-0.2, 0) is 10.0 Å². The van der Waals surface area contributed by atoms with Crippen LogP contribution in [0, 0.1) is 13.8 Å². The summed E-state index contributed by atoms with van der Waals surface area (Å²) < 4.78 is 33.4. The molecule has 1 unspecified atom stereocenters. The standard InChI is InChI=1S/C19H27N3O3S/c1-15-19(16(2)25-21-15)26(23,24)20-14-18(17-10-6-5-7-11-17)22-12-8-3-4-9-13-22/h5-7,10-11,18,20H,3-4,8-9,12-14H2,1-2H3. The van der Waals surface area contributed by atoms with Gasteiger partial charge >= 0.3 is 0 Å². The first-order valence-electron chi connectivity index (χ1n) is 9.20. The molecular weight excluding hydrogens is 350 g/mol. The summed E-state index contributed by atoms with van der Waals surface area (Å²) in [6.07, 6.45) is 4.78. The average molecular weight is 378 g/mol. The Kier molecular flexibility index (Phi) is 6.11. The van der Waals surface area contributed by atoms with Gasteiger partial charge in [-0.3, -0.25) is 4.90 Å². The molecule has 0 radical (unpaired) electrons. The van der Waals surface area contributed by atoms with E-state index in [2.05, 4.69) is 26.9 Å². The van der Waals surface area contributed by atoms with Crippen molar-refractivity contribution in [2.45, 2.75) is 50.5 Å². The van der Waals surface area contributed by atoms with Crippen molar-refractivity contribution >= 4 is 10.0 Å². The maximum atomic E-state index is 12.8. The largest absolute Gasteiger partial charge is 0.360 e. The molecule has 0 aliphatic carbocycles. The maximum Gasteiger partial charge on any atom is 0.246 e. The van der Waals surface area contributed by atoms with Gasteiger partial charge in [0, 0.05) is 12.6 Å². The Bertz CT molecular complexity index is 790. The molecule has 1 aromatic heterocycles. The number of benzene rings is 1. The molecular formula is C19H27N3O3S. The fourth-order valence-corrected chi connectivity index (χ4v) is 5.02. The normalized spacial score (nSPS) is 17.8. The van der Waals surface area contributed by atoms with Gasteiger partial charge in [-0.2, -0.15) is 0 Å². The number of likely N-dealkylation sites (tertiary alicyclic amines) is 1. The molecule has 26 heavy (non-hydrogen) atoms. The number of hydrogen-bond donors (Lipinski definition) is 1. The lowest BCUT2D eigenvalue weighted by Crippen LogP contribution is -2.38. The molecule has 2 aromatic rings.